The van der Waals surface area contributed by atoms with Crippen LogP contribution in [0, 0.1) is 0 Å². The maximum atomic E-state index is 9.18. The van der Waals surface area contributed by atoms with Gasteiger partial charge in [-0.15, -0.1) is 0 Å². The molecule has 2 nitrogen and oxygen atoms in total. The van der Waals surface area contributed by atoms with E-state index in [1.54, 1.807) is 6.92 Å². The molecule has 0 N–H and O–H groups in total. The van der Waals surface area contributed by atoms with Gasteiger partial charge < -0.3 is 7.59 Å². The minimum Gasteiger partial charge on any atom is -1.00 e. The molecule has 0 aliphatic carbocycles. The minimum atomic E-state index is 0. The molecule has 3 heteroatoms. The first-order valence-electron chi connectivity index (χ1n) is 1.47. The standard InChI is InChI=1S/C3H6O2.Mg.2H/c1-2-5-3-4;;;/h3H,2H2,1H3;;;/q;+2;2*-1. The van der Waals surface area contributed by atoms with Gasteiger partial charge in [-0.3, -0.25) is 4.79 Å². The smallest absolute Gasteiger partial charge is 1.00 e. The molecule has 0 aliphatic heterocycles. The van der Waals surface area contributed by atoms with Crippen molar-refractivity contribution in [1.82, 2.24) is 0 Å². The Bertz CT molecular complexity index is 36.5. The van der Waals surface area contributed by atoms with Crippen molar-refractivity contribution in [3.63, 3.8) is 0 Å². The molecule has 0 rings (SSSR count). The van der Waals surface area contributed by atoms with Crippen LogP contribution in [-0.2, 0) is 9.53 Å². The van der Waals surface area contributed by atoms with E-state index in [0.29, 0.717) is 13.1 Å². The third-order valence-electron chi connectivity index (χ3n) is 0.235. The Morgan fingerprint density at radius 1 is 2.00 bits per heavy atom. The first-order valence-corrected chi connectivity index (χ1v) is 1.47. The SMILES string of the molecule is CCOC=O.[H-].[H-].[Mg+2]. The normalized spacial score (nSPS) is 5.50. The zero-order valence-electron chi connectivity index (χ0n) is 5.81. The number of hydrogen-bond donors (Lipinski definition) is 0. The number of carbonyl (C=O) groups excluding carboxylic acids is 1. The summed E-state index contributed by atoms with van der Waals surface area (Å²) in [6.07, 6.45) is 0. The van der Waals surface area contributed by atoms with Crippen molar-refractivity contribution >= 4 is 29.5 Å². The van der Waals surface area contributed by atoms with Crippen LogP contribution in [0.4, 0.5) is 0 Å². The van der Waals surface area contributed by atoms with Crippen LogP contribution in [0.3, 0.4) is 0 Å². The molecule has 0 bridgehead atoms. The second-order valence-electron chi connectivity index (χ2n) is 0.552. The number of hydrogen-bond acceptors (Lipinski definition) is 2. The average Bonchev–Trinajstić information content (AvgIpc) is 1.41. The molecular weight excluding hydrogens is 92.3 g/mol. The molecule has 0 fully saturated rings. The van der Waals surface area contributed by atoms with Gasteiger partial charge in [0.05, 0.1) is 6.61 Å². The molecule has 34 valence electrons. The van der Waals surface area contributed by atoms with Crippen LogP contribution >= 0.6 is 0 Å². The molecule has 0 heterocycles. The third kappa shape index (κ3) is 8.87. The van der Waals surface area contributed by atoms with Gasteiger partial charge in [-0.1, -0.05) is 0 Å². The van der Waals surface area contributed by atoms with E-state index in [4.69, 9.17) is 0 Å². The molecule has 0 aromatic heterocycles. The van der Waals surface area contributed by atoms with E-state index >= 15 is 0 Å². The van der Waals surface area contributed by atoms with Crippen LogP contribution < -0.4 is 0 Å². The maximum absolute atomic E-state index is 9.18. The summed E-state index contributed by atoms with van der Waals surface area (Å²) in [4.78, 5) is 9.18. The predicted octanol–water partition coefficient (Wildman–Crippen LogP) is 0.0235. The van der Waals surface area contributed by atoms with Crippen LogP contribution in [0.1, 0.15) is 9.78 Å². The molecule has 0 aromatic rings. The molecule has 0 aliphatic rings. The van der Waals surface area contributed by atoms with Crippen LogP contribution in [0.25, 0.3) is 0 Å². The second-order valence-corrected chi connectivity index (χ2v) is 0.552. The van der Waals surface area contributed by atoms with Crippen molar-refractivity contribution in [1.29, 1.82) is 0 Å². The Labute approximate surface area is 56.0 Å². The van der Waals surface area contributed by atoms with Crippen molar-refractivity contribution in [2.75, 3.05) is 6.61 Å². The van der Waals surface area contributed by atoms with E-state index in [1.165, 1.54) is 0 Å². The van der Waals surface area contributed by atoms with Gasteiger partial charge >= 0.3 is 23.1 Å². The first-order chi connectivity index (χ1) is 2.41. The molecule has 0 atom stereocenters. The Kier molecular flexibility index (Phi) is 14.2. The topological polar surface area (TPSA) is 26.3 Å². The Hall–Kier alpha value is 0.236. The van der Waals surface area contributed by atoms with Crippen molar-refractivity contribution in [2.24, 2.45) is 0 Å². The summed E-state index contributed by atoms with van der Waals surface area (Å²) < 4.78 is 4.15. The predicted molar refractivity (Wildman–Crippen MR) is 25.7 cm³/mol. The minimum absolute atomic E-state index is 0. The average molecular weight is 100 g/mol. The number of ether oxygens (including phenoxy) is 1. The molecular formula is C3H8MgO2. The Morgan fingerprint density at radius 3 is 2.50 bits per heavy atom. The number of rotatable bonds is 2. The Morgan fingerprint density at radius 2 is 2.50 bits per heavy atom. The summed E-state index contributed by atoms with van der Waals surface area (Å²) in [6.45, 7) is 2.66. The quantitative estimate of drug-likeness (QED) is 0.361. The van der Waals surface area contributed by atoms with Crippen LogP contribution in [0.2, 0.25) is 0 Å². The van der Waals surface area contributed by atoms with Gasteiger partial charge in [0.2, 0.25) is 0 Å². The summed E-state index contributed by atoms with van der Waals surface area (Å²) in [6, 6.07) is 0. The van der Waals surface area contributed by atoms with Crippen LogP contribution in [0.15, 0.2) is 0 Å². The monoisotopic (exact) mass is 100 g/mol. The van der Waals surface area contributed by atoms with Gasteiger partial charge in [0, 0.05) is 0 Å². The van der Waals surface area contributed by atoms with Crippen molar-refractivity contribution in [3.8, 4) is 0 Å². The van der Waals surface area contributed by atoms with Gasteiger partial charge in [-0.05, 0) is 6.92 Å². The molecule has 6 heavy (non-hydrogen) atoms. The first kappa shape index (κ1) is 9.53. The fraction of sp³-hybridized carbons (Fsp3) is 0.667. The molecule has 0 amide bonds. The van der Waals surface area contributed by atoms with Gasteiger partial charge in [-0.25, -0.2) is 0 Å². The van der Waals surface area contributed by atoms with E-state index in [1.807, 2.05) is 0 Å². The van der Waals surface area contributed by atoms with Crippen LogP contribution in [-0.4, -0.2) is 36.1 Å². The zero-order valence-corrected chi connectivity index (χ0v) is 5.22. The van der Waals surface area contributed by atoms with Crippen LogP contribution in [0.5, 0.6) is 0 Å². The van der Waals surface area contributed by atoms with E-state index in [9.17, 15) is 4.79 Å². The zero-order chi connectivity index (χ0) is 4.12. The molecule has 0 saturated carbocycles. The summed E-state index contributed by atoms with van der Waals surface area (Å²) >= 11 is 0. The molecule has 0 aromatic carbocycles. The molecule has 0 radical (unpaired) electrons. The van der Waals surface area contributed by atoms with Crippen molar-refractivity contribution in [2.45, 2.75) is 6.92 Å². The largest absolute Gasteiger partial charge is 2.00 e. The van der Waals surface area contributed by atoms with Crippen molar-refractivity contribution < 1.29 is 12.4 Å². The fourth-order valence-corrected chi connectivity index (χ4v) is 0.0680. The van der Waals surface area contributed by atoms with E-state index in [0.717, 1.165) is 0 Å². The third-order valence-corrected chi connectivity index (χ3v) is 0.235. The summed E-state index contributed by atoms with van der Waals surface area (Å²) in [5.41, 5.74) is 0. The Balaban J connectivity index is -0.0000000267. The van der Waals surface area contributed by atoms with E-state index in [-0.39, 0.29) is 25.9 Å². The van der Waals surface area contributed by atoms with Gasteiger partial charge in [0.25, 0.3) is 6.47 Å². The molecule has 0 saturated heterocycles. The van der Waals surface area contributed by atoms with Gasteiger partial charge in [-0.2, -0.15) is 0 Å². The maximum Gasteiger partial charge on any atom is 2.00 e. The summed E-state index contributed by atoms with van der Waals surface area (Å²) in [7, 11) is 0. The summed E-state index contributed by atoms with van der Waals surface area (Å²) in [5.74, 6) is 0. The van der Waals surface area contributed by atoms with E-state index < -0.39 is 0 Å². The van der Waals surface area contributed by atoms with Gasteiger partial charge in [0.15, 0.2) is 0 Å². The number of carbonyl (C=O) groups is 1. The second kappa shape index (κ2) is 8.97. The molecule has 0 unspecified atom stereocenters. The van der Waals surface area contributed by atoms with E-state index in [2.05, 4.69) is 4.74 Å². The summed E-state index contributed by atoms with van der Waals surface area (Å²) in [5, 5.41) is 0. The van der Waals surface area contributed by atoms with Gasteiger partial charge in [0.1, 0.15) is 0 Å². The fourth-order valence-electron chi connectivity index (χ4n) is 0.0680. The van der Waals surface area contributed by atoms with Crippen molar-refractivity contribution in [3.05, 3.63) is 0 Å². The molecule has 0 spiro atoms.